The van der Waals surface area contributed by atoms with Crippen molar-refractivity contribution in [1.82, 2.24) is 24.7 Å². The predicted molar refractivity (Wildman–Crippen MR) is 107 cm³/mol. The van der Waals surface area contributed by atoms with Crippen molar-refractivity contribution in [3.05, 3.63) is 23.4 Å². The van der Waals surface area contributed by atoms with Crippen molar-refractivity contribution in [3.8, 4) is 0 Å². The van der Waals surface area contributed by atoms with E-state index < -0.39 is 11.7 Å². The molecule has 2 aromatic rings. The second-order valence-electron chi connectivity index (χ2n) is 8.25. The molecule has 1 aliphatic rings. The fraction of sp³-hybridized carbons (Fsp3) is 0.632. The van der Waals surface area contributed by atoms with Gasteiger partial charge in [-0.1, -0.05) is 0 Å². The van der Waals surface area contributed by atoms with Gasteiger partial charge < -0.3 is 9.64 Å². The molecule has 1 fully saturated rings. The average molecular weight is 387 g/mol. The van der Waals surface area contributed by atoms with Crippen molar-refractivity contribution in [2.75, 3.05) is 23.3 Å². The van der Waals surface area contributed by atoms with Gasteiger partial charge in [0.05, 0.1) is 11.4 Å². The van der Waals surface area contributed by atoms with E-state index in [1.54, 1.807) is 6.20 Å². The molecule has 3 heterocycles. The molecule has 9 heteroatoms. The first kappa shape index (κ1) is 20.0. The lowest BCUT2D eigenvalue weighted by atomic mass is 9.96. The maximum absolute atomic E-state index is 12.0. The number of aromatic nitrogens is 5. The molecule has 0 aromatic carbocycles. The maximum atomic E-state index is 12.0. The molecule has 2 aromatic heterocycles. The lowest BCUT2D eigenvalue weighted by Crippen LogP contribution is -2.35. The minimum atomic E-state index is -0.560. The zero-order valence-corrected chi connectivity index (χ0v) is 17.5. The molecule has 0 spiro atoms. The van der Waals surface area contributed by atoms with E-state index in [1.807, 2.05) is 46.2 Å². The molecule has 0 aliphatic carbocycles. The third-order valence-corrected chi connectivity index (χ3v) is 4.73. The fourth-order valence-corrected chi connectivity index (χ4v) is 3.37. The molecule has 1 saturated heterocycles. The Morgan fingerprint density at radius 1 is 1.21 bits per heavy atom. The quantitative estimate of drug-likeness (QED) is 0.864. The second kappa shape index (κ2) is 7.73. The number of nitrogens with one attached hydrogen (secondary N) is 1. The third-order valence-electron chi connectivity index (χ3n) is 4.73. The number of anilines is 2. The standard InChI is InChI=1S/C19H29N7O2/c1-12-11-20-13(2)15(21-12)26-9-7-14(8-10-26)16-23-24-17(25(16)6)22-18(27)28-19(3,4)5/h11,14H,7-10H2,1-6H3,(H,22,24,27). The summed E-state index contributed by atoms with van der Waals surface area (Å²) in [6, 6.07) is 0. The van der Waals surface area contributed by atoms with Gasteiger partial charge in [-0.3, -0.25) is 14.9 Å². The predicted octanol–water partition coefficient (Wildman–Crippen LogP) is 2.95. The number of ether oxygens (including phenoxy) is 1. The van der Waals surface area contributed by atoms with Gasteiger partial charge in [-0.25, -0.2) is 9.78 Å². The highest BCUT2D eigenvalue weighted by Gasteiger charge is 2.27. The fourth-order valence-electron chi connectivity index (χ4n) is 3.37. The van der Waals surface area contributed by atoms with Crippen LogP contribution in [0.4, 0.5) is 16.6 Å². The molecular weight excluding hydrogens is 358 g/mol. The van der Waals surface area contributed by atoms with Crippen LogP contribution in [0.15, 0.2) is 6.20 Å². The summed E-state index contributed by atoms with van der Waals surface area (Å²) in [7, 11) is 1.87. The van der Waals surface area contributed by atoms with Crippen LogP contribution in [-0.2, 0) is 11.8 Å². The Kier molecular flexibility index (Phi) is 5.53. The molecule has 152 valence electrons. The molecular formula is C19H29N7O2. The molecule has 0 unspecified atom stereocenters. The summed E-state index contributed by atoms with van der Waals surface area (Å²) >= 11 is 0. The van der Waals surface area contributed by atoms with E-state index in [2.05, 4.69) is 30.4 Å². The van der Waals surface area contributed by atoms with Gasteiger partial charge >= 0.3 is 6.09 Å². The first-order valence-corrected chi connectivity index (χ1v) is 9.58. The average Bonchev–Trinajstić information content (AvgIpc) is 2.96. The SMILES string of the molecule is Cc1cnc(C)c(N2CCC(c3nnc(NC(=O)OC(C)(C)C)n3C)CC2)n1. The van der Waals surface area contributed by atoms with Gasteiger partial charge in [-0.05, 0) is 47.5 Å². The summed E-state index contributed by atoms with van der Waals surface area (Å²) in [5.74, 6) is 2.51. The first-order valence-electron chi connectivity index (χ1n) is 9.58. The third kappa shape index (κ3) is 4.58. The van der Waals surface area contributed by atoms with Gasteiger partial charge in [0, 0.05) is 32.3 Å². The molecule has 3 rings (SSSR count). The Hall–Kier alpha value is -2.71. The minimum Gasteiger partial charge on any atom is -0.444 e. The highest BCUT2D eigenvalue weighted by molar-refractivity contribution is 5.82. The molecule has 0 bridgehead atoms. The lowest BCUT2D eigenvalue weighted by molar-refractivity contribution is 0.0634. The Morgan fingerprint density at radius 2 is 1.89 bits per heavy atom. The minimum absolute atomic E-state index is 0.279. The molecule has 1 amide bonds. The van der Waals surface area contributed by atoms with Crippen LogP contribution < -0.4 is 10.2 Å². The molecule has 0 saturated carbocycles. The monoisotopic (exact) mass is 387 g/mol. The number of amides is 1. The first-order chi connectivity index (χ1) is 13.1. The maximum Gasteiger partial charge on any atom is 0.414 e. The Morgan fingerprint density at radius 3 is 2.54 bits per heavy atom. The number of carbonyl (C=O) groups is 1. The number of carbonyl (C=O) groups excluding carboxylic acids is 1. The second-order valence-corrected chi connectivity index (χ2v) is 8.25. The molecule has 1 N–H and O–H groups in total. The van der Waals surface area contributed by atoms with E-state index in [9.17, 15) is 4.79 Å². The summed E-state index contributed by atoms with van der Waals surface area (Å²) in [5, 5.41) is 11.1. The van der Waals surface area contributed by atoms with Crippen molar-refractivity contribution in [2.45, 2.75) is 59.0 Å². The Balaban J connectivity index is 1.64. The topological polar surface area (TPSA) is 98.1 Å². The van der Waals surface area contributed by atoms with Crippen molar-refractivity contribution in [2.24, 2.45) is 7.05 Å². The van der Waals surface area contributed by atoms with Crippen LogP contribution >= 0.6 is 0 Å². The number of nitrogens with zero attached hydrogens (tertiary/aromatic N) is 6. The van der Waals surface area contributed by atoms with Crippen LogP contribution in [0.25, 0.3) is 0 Å². The lowest BCUT2D eigenvalue weighted by Gasteiger charge is -2.33. The molecule has 28 heavy (non-hydrogen) atoms. The molecule has 1 aliphatic heterocycles. The van der Waals surface area contributed by atoms with Gasteiger partial charge in [0.25, 0.3) is 0 Å². The van der Waals surface area contributed by atoms with Crippen molar-refractivity contribution in [3.63, 3.8) is 0 Å². The number of piperidine rings is 1. The van der Waals surface area contributed by atoms with Crippen molar-refractivity contribution >= 4 is 17.9 Å². The van der Waals surface area contributed by atoms with Gasteiger partial charge in [0.1, 0.15) is 17.2 Å². The zero-order chi connectivity index (χ0) is 20.5. The summed E-state index contributed by atoms with van der Waals surface area (Å²) in [5.41, 5.74) is 1.32. The van der Waals surface area contributed by atoms with E-state index in [1.165, 1.54) is 0 Å². The van der Waals surface area contributed by atoms with Crippen molar-refractivity contribution in [1.29, 1.82) is 0 Å². The summed E-state index contributed by atoms with van der Waals surface area (Å²) in [6.45, 7) is 11.2. The van der Waals surface area contributed by atoms with Crippen LogP contribution in [0.1, 0.15) is 56.7 Å². The van der Waals surface area contributed by atoms with Crippen LogP contribution in [-0.4, -0.2) is 49.5 Å². The van der Waals surface area contributed by atoms with Crippen LogP contribution in [0, 0.1) is 13.8 Å². The summed E-state index contributed by atoms with van der Waals surface area (Å²) in [4.78, 5) is 23.3. The number of hydrogen-bond acceptors (Lipinski definition) is 7. The smallest absolute Gasteiger partial charge is 0.414 e. The van der Waals surface area contributed by atoms with Gasteiger partial charge in [0.2, 0.25) is 5.95 Å². The summed E-state index contributed by atoms with van der Waals surface area (Å²) in [6.07, 6.45) is 3.14. The summed E-state index contributed by atoms with van der Waals surface area (Å²) < 4.78 is 7.12. The van der Waals surface area contributed by atoms with E-state index in [4.69, 9.17) is 4.74 Å². The van der Waals surface area contributed by atoms with Crippen LogP contribution in [0.3, 0.4) is 0 Å². The zero-order valence-electron chi connectivity index (χ0n) is 17.5. The van der Waals surface area contributed by atoms with Crippen LogP contribution in [0.2, 0.25) is 0 Å². The highest BCUT2D eigenvalue weighted by atomic mass is 16.6. The van der Waals surface area contributed by atoms with E-state index in [0.717, 1.165) is 49.0 Å². The number of hydrogen-bond donors (Lipinski definition) is 1. The Labute approximate surface area is 165 Å². The Bertz CT molecular complexity index is 848. The highest BCUT2D eigenvalue weighted by Crippen LogP contribution is 2.30. The largest absolute Gasteiger partial charge is 0.444 e. The molecule has 9 nitrogen and oxygen atoms in total. The van der Waals surface area contributed by atoms with Gasteiger partial charge in [-0.15, -0.1) is 10.2 Å². The van der Waals surface area contributed by atoms with E-state index in [-0.39, 0.29) is 5.92 Å². The van der Waals surface area contributed by atoms with Crippen LogP contribution in [0.5, 0.6) is 0 Å². The van der Waals surface area contributed by atoms with Crippen molar-refractivity contribution < 1.29 is 9.53 Å². The van der Waals surface area contributed by atoms with E-state index in [0.29, 0.717) is 5.95 Å². The normalized spacial score (nSPS) is 15.6. The van der Waals surface area contributed by atoms with E-state index >= 15 is 0 Å². The molecule has 0 radical (unpaired) electrons. The number of rotatable bonds is 3. The van der Waals surface area contributed by atoms with Gasteiger partial charge in [0.15, 0.2) is 0 Å². The van der Waals surface area contributed by atoms with Gasteiger partial charge in [-0.2, -0.15) is 0 Å². The molecule has 0 atom stereocenters. The number of aryl methyl sites for hydroxylation is 2.